The van der Waals surface area contributed by atoms with Crippen molar-refractivity contribution < 1.29 is 14.7 Å². The molecular weight excluding hydrogens is 196 g/mol. The van der Waals surface area contributed by atoms with E-state index >= 15 is 0 Å². The lowest BCUT2D eigenvalue weighted by Gasteiger charge is -2.39. The Balaban J connectivity index is 2.96. The van der Waals surface area contributed by atoms with Gasteiger partial charge in [-0.2, -0.15) is 0 Å². The third kappa shape index (κ3) is 1.97. The van der Waals surface area contributed by atoms with Gasteiger partial charge in [-0.3, -0.25) is 9.69 Å². The van der Waals surface area contributed by atoms with Crippen LogP contribution in [0, 0.1) is 0 Å². The van der Waals surface area contributed by atoms with Gasteiger partial charge in [0.05, 0.1) is 0 Å². The first-order chi connectivity index (χ1) is 7.05. The van der Waals surface area contributed by atoms with Gasteiger partial charge >= 0.3 is 5.97 Å². The Morgan fingerprint density at radius 1 is 1.33 bits per heavy atom. The summed E-state index contributed by atoms with van der Waals surface area (Å²) in [6, 6.07) is 0. The summed E-state index contributed by atoms with van der Waals surface area (Å²) in [6.45, 7) is 2.97. The largest absolute Gasteiger partial charge is 0.479 e. The van der Waals surface area contributed by atoms with Crippen molar-refractivity contribution in [2.45, 2.75) is 38.1 Å². The van der Waals surface area contributed by atoms with Crippen molar-refractivity contribution in [3.8, 4) is 0 Å². The van der Waals surface area contributed by atoms with E-state index in [1.165, 1.54) is 0 Å². The smallest absolute Gasteiger partial charge is 0.333 e. The molecule has 0 aromatic carbocycles. The number of carbonyl (C=O) groups is 2. The summed E-state index contributed by atoms with van der Waals surface area (Å²) < 4.78 is 0. The Labute approximate surface area is 89.2 Å². The first kappa shape index (κ1) is 12.0. The highest BCUT2D eigenvalue weighted by Gasteiger charge is 2.48. The van der Waals surface area contributed by atoms with Crippen LogP contribution >= 0.6 is 0 Å². The summed E-state index contributed by atoms with van der Waals surface area (Å²) in [5.74, 6) is -1.88. The van der Waals surface area contributed by atoms with Crippen molar-refractivity contribution in [1.29, 1.82) is 0 Å². The highest BCUT2D eigenvalue weighted by Crippen LogP contribution is 2.24. The third-order valence-electron chi connectivity index (χ3n) is 3.17. The summed E-state index contributed by atoms with van der Waals surface area (Å²) in [6.07, 6.45) is 3.18. The number of carbonyl (C=O) groups excluding carboxylic acids is 1. The van der Waals surface area contributed by atoms with Gasteiger partial charge in [0.1, 0.15) is 0 Å². The molecule has 0 aromatic rings. The van der Waals surface area contributed by atoms with Gasteiger partial charge in [-0.1, -0.05) is 13.3 Å². The molecular formula is C10H18N2O3. The van der Waals surface area contributed by atoms with Gasteiger partial charge in [-0.15, -0.1) is 0 Å². The molecule has 1 heterocycles. The van der Waals surface area contributed by atoms with Crippen LogP contribution < -0.4 is 5.73 Å². The predicted octanol–water partition coefficient (Wildman–Crippen LogP) is 0.191. The quantitative estimate of drug-likeness (QED) is 0.654. The van der Waals surface area contributed by atoms with E-state index in [-0.39, 0.29) is 6.42 Å². The van der Waals surface area contributed by atoms with E-state index in [9.17, 15) is 14.7 Å². The Morgan fingerprint density at radius 3 is 2.20 bits per heavy atom. The number of hydrogen-bond donors (Lipinski definition) is 2. The van der Waals surface area contributed by atoms with E-state index in [0.717, 1.165) is 19.3 Å². The zero-order valence-electron chi connectivity index (χ0n) is 9.03. The van der Waals surface area contributed by atoms with Crippen molar-refractivity contribution in [1.82, 2.24) is 4.90 Å². The average Bonchev–Trinajstić information content (AvgIpc) is 2.20. The maximum absolute atomic E-state index is 11.4. The molecule has 1 amide bonds. The molecule has 1 aliphatic heterocycles. The van der Waals surface area contributed by atoms with Crippen LogP contribution in [-0.4, -0.2) is 40.5 Å². The maximum Gasteiger partial charge on any atom is 0.333 e. The molecule has 15 heavy (non-hydrogen) atoms. The number of primary amides is 1. The lowest BCUT2D eigenvalue weighted by molar-refractivity contribution is -0.159. The summed E-state index contributed by atoms with van der Waals surface area (Å²) in [5.41, 5.74) is 3.75. The van der Waals surface area contributed by atoms with Crippen molar-refractivity contribution in [2.24, 2.45) is 5.73 Å². The van der Waals surface area contributed by atoms with E-state index in [1.807, 2.05) is 0 Å². The minimum atomic E-state index is -1.50. The number of nitrogens with zero attached hydrogens (tertiary/aromatic N) is 1. The SMILES string of the molecule is CCC(C(N)=O)(C(=O)O)N1CCCCC1. The third-order valence-corrected chi connectivity index (χ3v) is 3.17. The van der Waals surface area contributed by atoms with Gasteiger partial charge in [-0.05, 0) is 32.4 Å². The highest BCUT2D eigenvalue weighted by molar-refractivity contribution is 6.05. The molecule has 0 bridgehead atoms. The molecule has 5 nitrogen and oxygen atoms in total. The molecule has 0 aliphatic carbocycles. The molecule has 0 aromatic heterocycles. The van der Waals surface area contributed by atoms with Gasteiger partial charge < -0.3 is 10.8 Å². The standard InChI is InChI=1S/C10H18N2O3/c1-2-10(8(11)13,9(14)15)12-6-4-3-5-7-12/h2-7H2,1H3,(H2,11,13)(H,14,15). The zero-order chi connectivity index (χ0) is 11.5. The van der Waals surface area contributed by atoms with Crippen molar-refractivity contribution in [2.75, 3.05) is 13.1 Å². The molecule has 0 spiro atoms. The molecule has 86 valence electrons. The fourth-order valence-electron chi connectivity index (χ4n) is 2.22. The van der Waals surface area contributed by atoms with Crippen LogP contribution in [0.25, 0.3) is 0 Å². The van der Waals surface area contributed by atoms with E-state index < -0.39 is 17.4 Å². The summed E-state index contributed by atoms with van der Waals surface area (Å²) in [7, 11) is 0. The number of rotatable bonds is 4. The normalized spacial score (nSPS) is 21.9. The second-order valence-electron chi connectivity index (χ2n) is 3.93. The van der Waals surface area contributed by atoms with Gasteiger partial charge in [-0.25, -0.2) is 4.79 Å². The summed E-state index contributed by atoms with van der Waals surface area (Å²) in [4.78, 5) is 24.4. The van der Waals surface area contributed by atoms with Crippen LogP contribution in [0.15, 0.2) is 0 Å². The molecule has 0 radical (unpaired) electrons. The van der Waals surface area contributed by atoms with Crippen LogP contribution in [0.5, 0.6) is 0 Å². The van der Waals surface area contributed by atoms with Gasteiger partial charge in [0.2, 0.25) is 5.91 Å². The van der Waals surface area contributed by atoms with Crippen LogP contribution in [0.2, 0.25) is 0 Å². The number of amides is 1. The first-order valence-electron chi connectivity index (χ1n) is 5.34. The lowest BCUT2D eigenvalue weighted by Crippen LogP contribution is -2.63. The van der Waals surface area contributed by atoms with Crippen LogP contribution in [-0.2, 0) is 9.59 Å². The van der Waals surface area contributed by atoms with E-state index in [2.05, 4.69) is 0 Å². The number of likely N-dealkylation sites (tertiary alicyclic amines) is 1. The van der Waals surface area contributed by atoms with Gasteiger partial charge in [0.25, 0.3) is 0 Å². The van der Waals surface area contributed by atoms with Crippen molar-refractivity contribution in [3.63, 3.8) is 0 Å². The molecule has 1 atom stereocenters. The highest BCUT2D eigenvalue weighted by atomic mass is 16.4. The molecule has 5 heteroatoms. The minimum Gasteiger partial charge on any atom is -0.479 e. The Kier molecular flexibility index (Phi) is 3.68. The first-order valence-corrected chi connectivity index (χ1v) is 5.34. The molecule has 1 fully saturated rings. The van der Waals surface area contributed by atoms with Crippen LogP contribution in [0.4, 0.5) is 0 Å². The summed E-state index contributed by atoms with van der Waals surface area (Å²) >= 11 is 0. The van der Waals surface area contributed by atoms with E-state index in [0.29, 0.717) is 13.1 Å². The number of aliphatic carboxylic acids is 1. The minimum absolute atomic E-state index is 0.220. The number of carboxylic acids is 1. The second-order valence-corrected chi connectivity index (χ2v) is 3.93. The number of nitrogens with two attached hydrogens (primary N) is 1. The monoisotopic (exact) mass is 214 g/mol. The number of hydrogen-bond acceptors (Lipinski definition) is 3. The number of carboxylic acid groups (broad SMARTS) is 1. The number of piperidine rings is 1. The summed E-state index contributed by atoms with van der Waals surface area (Å²) in [5, 5.41) is 9.20. The van der Waals surface area contributed by atoms with E-state index in [1.54, 1.807) is 11.8 Å². The maximum atomic E-state index is 11.4. The van der Waals surface area contributed by atoms with Crippen LogP contribution in [0.3, 0.4) is 0 Å². The fourth-order valence-corrected chi connectivity index (χ4v) is 2.22. The molecule has 0 saturated carbocycles. The predicted molar refractivity (Wildman–Crippen MR) is 55.3 cm³/mol. The molecule has 3 N–H and O–H groups in total. The zero-order valence-corrected chi connectivity index (χ0v) is 9.03. The molecule has 1 saturated heterocycles. The Bertz CT molecular complexity index is 245. The fraction of sp³-hybridized carbons (Fsp3) is 0.800. The lowest BCUT2D eigenvalue weighted by atomic mass is 9.90. The topological polar surface area (TPSA) is 83.6 Å². The van der Waals surface area contributed by atoms with Crippen LogP contribution in [0.1, 0.15) is 32.6 Å². The molecule has 1 rings (SSSR count). The van der Waals surface area contributed by atoms with Crippen molar-refractivity contribution >= 4 is 11.9 Å². The second kappa shape index (κ2) is 4.61. The Morgan fingerprint density at radius 2 is 1.87 bits per heavy atom. The van der Waals surface area contributed by atoms with Gasteiger partial charge in [0, 0.05) is 0 Å². The average molecular weight is 214 g/mol. The van der Waals surface area contributed by atoms with Gasteiger partial charge in [0.15, 0.2) is 5.54 Å². The Hall–Kier alpha value is -1.10. The van der Waals surface area contributed by atoms with Crippen molar-refractivity contribution in [3.05, 3.63) is 0 Å². The molecule has 1 aliphatic rings. The molecule has 1 unspecified atom stereocenters. The van der Waals surface area contributed by atoms with E-state index in [4.69, 9.17) is 5.73 Å².